The molecule has 17 heavy (non-hydrogen) atoms. The van der Waals surface area contributed by atoms with Crippen molar-refractivity contribution in [3.05, 3.63) is 35.9 Å². The molecule has 0 aliphatic rings. The van der Waals surface area contributed by atoms with Crippen molar-refractivity contribution in [2.24, 2.45) is 0 Å². The van der Waals surface area contributed by atoms with Gasteiger partial charge >= 0.3 is 11.9 Å². The van der Waals surface area contributed by atoms with E-state index in [2.05, 4.69) is 0 Å². The summed E-state index contributed by atoms with van der Waals surface area (Å²) in [5, 5.41) is 17.9. The van der Waals surface area contributed by atoms with Crippen molar-refractivity contribution in [1.82, 2.24) is 0 Å². The molecule has 92 valence electrons. The van der Waals surface area contributed by atoms with Gasteiger partial charge < -0.3 is 10.2 Å². The van der Waals surface area contributed by atoms with Crippen LogP contribution >= 0.6 is 0 Å². The van der Waals surface area contributed by atoms with E-state index < -0.39 is 17.4 Å². The normalized spacial score (nSPS) is 13.9. The monoisotopic (exact) mass is 236 g/mol. The smallest absolute Gasteiger partial charge is 0.313 e. The standard InChI is InChI=1S/C13H16O4/c1-13(12(16)17,9-5-8-11(14)15)10-6-3-2-4-7-10/h2-4,6-7H,5,8-9H2,1H3,(H,14,15)(H,16,17)/t13-/m0/s1. The Morgan fingerprint density at radius 3 is 2.24 bits per heavy atom. The first-order valence-corrected chi connectivity index (χ1v) is 5.47. The second-order valence-corrected chi connectivity index (χ2v) is 4.25. The summed E-state index contributed by atoms with van der Waals surface area (Å²) in [5.41, 5.74) is -0.311. The lowest BCUT2D eigenvalue weighted by Crippen LogP contribution is -2.32. The number of benzene rings is 1. The fourth-order valence-electron chi connectivity index (χ4n) is 1.77. The van der Waals surface area contributed by atoms with Crippen molar-refractivity contribution < 1.29 is 19.8 Å². The number of rotatable bonds is 6. The summed E-state index contributed by atoms with van der Waals surface area (Å²) < 4.78 is 0. The minimum Gasteiger partial charge on any atom is -0.481 e. The van der Waals surface area contributed by atoms with Gasteiger partial charge in [0.1, 0.15) is 0 Å². The van der Waals surface area contributed by atoms with Crippen molar-refractivity contribution in [1.29, 1.82) is 0 Å². The first-order valence-electron chi connectivity index (χ1n) is 5.47. The Balaban J connectivity index is 2.83. The van der Waals surface area contributed by atoms with E-state index in [-0.39, 0.29) is 6.42 Å². The molecule has 0 fully saturated rings. The fourth-order valence-corrected chi connectivity index (χ4v) is 1.77. The van der Waals surface area contributed by atoms with Gasteiger partial charge in [0.15, 0.2) is 0 Å². The van der Waals surface area contributed by atoms with Crippen LogP contribution in [-0.2, 0) is 15.0 Å². The highest BCUT2D eigenvalue weighted by molar-refractivity contribution is 5.80. The summed E-state index contributed by atoms with van der Waals surface area (Å²) in [6, 6.07) is 8.91. The van der Waals surface area contributed by atoms with E-state index in [9.17, 15) is 14.7 Å². The molecule has 0 spiro atoms. The van der Waals surface area contributed by atoms with E-state index >= 15 is 0 Å². The highest BCUT2D eigenvalue weighted by Gasteiger charge is 2.34. The highest BCUT2D eigenvalue weighted by Crippen LogP contribution is 2.29. The summed E-state index contributed by atoms with van der Waals surface area (Å²) in [7, 11) is 0. The van der Waals surface area contributed by atoms with Crippen LogP contribution in [0.15, 0.2) is 30.3 Å². The number of carboxylic acids is 2. The van der Waals surface area contributed by atoms with Crippen molar-refractivity contribution in [2.75, 3.05) is 0 Å². The lowest BCUT2D eigenvalue weighted by atomic mass is 9.78. The van der Waals surface area contributed by atoms with Crippen LogP contribution in [0.5, 0.6) is 0 Å². The van der Waals surface area contributed by atoms with Crippen LogP contribution in [0.25, 0.3) is 0 Å². The van der Waals surface area contributed by atoms with Gasteiger partial charge in [-0.05, 0) is 25.3 Å². The lowest BCUT2D eigenvalue weighted by molar-refractivity contribution is -0.144. The zero-order chi connectivity index (χ0) is 12.9. The largest absolute Gasteiger partial charge is 0.481 e. The van der Waals surface area contributed by atoms with Crippen LogP contribution in [0, 0.1) is 0 Å². The van der Waals surface area contributed by atoms with E-state index in [1.807, 2.05) is 6.07 Å². The van der Waals surface area contributed by atoms with Gasteiger partial charge in [0.05, 0.1) is 5.41 Å². The van der Waals surface area contributed by atoms with Gasteiger partial charge in [-0.2, -0.15) is 0 Å². The molecule has 4 nitrogen and oxygen atoms in total. The summed E-state index contributed by atoms with van der Waals surface area (Å²) in [4.78, 5) is 21.8. The number of carboxylic acid groups (broad SMARTS) is 2. The zero-order valence-electron chi connectivity index (χ0n) is 9.72. The third-order valence-electron chi connectivity index (χ3n) is 2.95. The molecule has 0 amide bonds. The number of hydrogen-bond acceptors (Lipinski definition) is 2. The van der Waals surface area contributed by atoms with E-state index in [0.29, 0.717) is 18.4 Å². The van der Waals surface area contributed by atoms with Gasteiger partial charge in [-0.1, -0.05) is 30.3 Å². The van der Waals surface area contributed by atoms with Gasteiger partial charge in [0.25, 0.3) is 0 Å². The summed E-state index contributed by atoms with van der Waals surface area (Å²) in [5.74, 6) is -1.82. The molecule has 0 radical (unpaired) electrons. The molecule has 0 unspecified atom stereocenters. The molecule has 0 aliphatic heterocycles. The third kappa shape index (κ3) is 3.31. The van der Waals surface area contributed by atoms with E-state index in [4.69, 9.17) is 5.11 Å². The molecule has 4 heteroatoms. The molecular weight excluding hydrogens is 220 g/mol. The second kappa shape index (κ2) is 5.48. The average Bonchev–Trinajstić information content (AvgIpc) is 2.29. The number of carbonyl (C=O) groups is 2. The molecule has 1 rings (SSSR count). The van der Waals surface area contributed by atoms with Crippen molar-refractivity contribution in [3.8, 4) is 0 Å². The Kier molecular flexibility index (Phi) is 4.26. The van der Waals surface area contributed by atoms with Gasteiger partial charge in [-0.25, -0.2) is 0 Å². The van der Waals surface area contributed by atoms with Gasteiger partial charge in [0.2, 0.25) is 0 Å². The maximum atomic E-state index is 11.3. The number of aliphatic carboxylic acids is 2. The van der Waals surface area contributed by atoms with E-state index in [1.54, 1.807) is 31.2 Å². The van der Waals surface area contributed by atoms with Crippen molar-refractivity contribution in [2.45, 2.75) is 31.6 Å². The van der Waals surface area contributed by atoms with Crippen LogP contribution < -0.4 is 0 Å². The molecular formula is C13H16O4. The van der Waals surface area contributed by atoms with Crippen molar-refractivity contribution in [3.63, 3.8) is 0 Å². The molecule has 0 aromatic heterocycles. The van der Waals surface area contributed by atoms with Crippen LogP contribution in [0.4, 0.5) is 0 Å². The van der Waals surface area contributed by atoms with Crippen LogP contribution in [0.2, 0.25) is 0 Å². The molecule has 0 heterocycles. The SMILES string of the molecule is C[C@@](CCCC(=O)O)(C(=O)O)c1ccccc1. The lowest BCUT2D eigenvalue weighted by Gasteiger charge is -2.25. The maximum absolute atomic E-state index is 11.3. The molecule has 1 atom stereocenters. The predicted molar refractivity (Wildman–Crippen MR) is 62.9 cm³/mol. The Bertz CT molecular complexity index is 399. The molecule has 0 saturated heterocycles. The summed E-state index contributed by atoms with van der Waals surface area (Å²) in [6.07, 6.45) is 0.668. The van der Waals surface area contributed by atoms with E-state index in [1.165, 1.54) is 0 Å². The molecule has 1 aromatic rings. The Morgan fingerprint density at radius 2 is 1.76 bits per heavy atom. The van der Waals surface area contributed by atoms with Gasteiger partial charge in [-0.3, -0.25) is 9.59 Å². The van der Waals surface area contributed by atoms with Gasteiger partial charge in [-0.15, -0.1) is 0 Å². The molecule has 2 N–H and O–H groups in total. The van der Waals surface area contributed by atoms with Crippen LogP contribution in [-0.4, -0.2) is 22.2 Å². The van der Waals surface area contributed by atoms with E-state index in [0.717, 1.165) is 0 Å². The molecule has 0 aliphatic carbocycles. The summed E-state index contributed by atoms with van der Waals surface area (Å²) >= 11 is 0. The summed E-state index contributed by atoms with van der Waals surface area (Å²) in [6.45, 7) is 1.63. The third-order valence-corrected chi connectivity index (χ3v) is 2.95. The minimum atomic E-state index is -1.02. The number of hydrogen-bond donors (Lipinski definition) is 2. The molecule has 1 aromatic carbocycles. The predicted octanol–water partition coefficient (Wildman–Crippen LogP) is 2.28. The van der Waals surface area contributed by atoms with Gasteiger partial charge in [0, 0.05) is 6.42 Å². The first kappa shape index (κ1) is 13.2. The average molecular weight is 236 g/mol. The quantitative estimate of drug-likeness (QED) is 0.794. The second-order valence-electron chi connectivity index (χ2n) is 4.25. The molecule has 0 saturated carbocycles. The highest BCUT2D eigenvalue weighted by atomic mass is 16.4. The van der Waals surface area contributed by atoms with Crippen molar-refractivity contribution >= 4 is 11.9 Å². The van der Waals surface area contributed by atoms with Crippen LogP contribution in [0.3, 0.4) is 0 Å². The topological polar surface area (TPSA) is 74.6 Å². The zero-order valence-corrected chi connectivity index (χ0v) is 9.72. The Labute approximate surface area is 99.9 Å². The molecule has 0 bridgehead atoms. The Hall–Kier alpha value is -1.84. The maximum Gasteiger partial charge on any atom is 0.313 e. The Morgan fingerprint density at radius 1 is 1.18 bits per heavy atom. The fraction of sp³-hybridized carbons (Fsp3) is 0.385. The minimum absolute atomic E-state index is 0.00426. The first-order chi connectivity index (χ1) is 7.97. The van der Waals surface area contributed by atoms with Crippen LogP contribution in [0.1, 0.15) is 31.7 Å².